The van der Waals surface area contributed by atoms with Gasteiger partial charge in [-0.05, 0) is 39.7 Å². The highest BCUT2D eigenvalue weighted by molar-refractivity contribution is 14.0. The number of thiazole rings is 1. The van der Waals surface area contributed by atoms with E-state index in [4.69, 9.17) is 10.7 Å². The molecule has 1 fully saturated rings. The highest BCUT2D eigenvalue weighted by Crippen LogP contribution is 2.25. The number of primary amides is 1. The number of carbonyl (C=O) groups excluding carboxylic acids is 1. The van der Waals surface area contributed by atoms with Crippen molar-refractivity contribution in [3.8, 4) is 0 Å². The standard InChI is InChI=1S/C22H33N7OS.HI/c1-4-24-22(26-11-7-19-28-15(2)16(3)31-19)27-14-18-6-5-10-25-21(18)29-12-8-17(9-13-29)20(23)30;/h5-6,10,17H,4,7-9,11-14H2,1-3H3,(H2,23,30)(H2,24,26,27);1H. The number of guanidine groups is 1. The smallest absolute Gasteiger partial charge is 0.220 e. The Kier molecular flexibility index (Phi) is 10.6. The summed E-state index contributed by atoms with van der Waals surface area (Å²) in [5, 5.41) is 7.86. The number of hydrogen-bond donors (Lipinski definition) is 3. The predicted molar refractivity (Wildman–Crippen MR) is 142 cm³/mol. The number of hydrogen-bond acceptors (Lipinski definition) is 6. The van der Waals surface area contributed by atoms with E-state index >= 15 is 0 Å². The van der Waals surface area contributed by atoms with Crippen molar-refractivity contribution in [2.45, 2.75) is 46.6 Å². The van der Waals surface area contributed by atoms with Crippen molar-refractivity contribution in [3.05, 3.63) is 39.5 Å². The molecule has 10 heteroatoms. The number of nitrogens with two attached hydrogens (primary N) is 1. The van der Waals surface area contributed by atoms with E-state index in [9.17, 15) is 4.79 Å². The number of aryl methyl sites for hydroxylation is 2. The van der Waals surface area contributed by atoms with E-state index in [-0.39, 0.29) is 35.8 Å². The van der Waals surface area contributed by atoms with Crippen molar-refractivity contribution >= 4 is 53.0 Å². The van der Waals surface area contributed by atoms with Crippen molar-refractivity contribution in [1.82, 2.24) is 20.6 Å². The number of pyridine rings is 1. The summed E-state index contributed by atoms with van der Waals surface area (Å²) in [6.07, 6.45) is 4.23. The number of carbonyl (C=O) groups is 1. The van der Waals surface area contributed by atoms with Crippen LogP contribution in [0.5, 0.6) is 0 Å². The van der Waals surface area contributed by atoms with Gasteiger partial charge < -0.3 is 21.3 Å². The summed E-state index contributed by atoms with van der Waals surface area (Å²) in [6, 6.07) is 4.01. The zero-order valence-corrected chi connectivity index (χ0v) is 22.2. The quantitative estimate of drug-likeness (QED) is 0.256. The van der Waals surface area contributed by atoms with E-state index in [2.05, 4.69) is 52.3 Å². The van der Waals surface area contributed by atoms with E-state index in [1.165, 1.54) is 4.88 Å². The Morgan fingerprint density at radius 1 is 1.31 bits per heavy atom. The van der Waals surface area contributed by atoms with E-state index < -0.39 is 0 Å². The lowest BCUT2D eigenvalue weighted by atomic mass is 9.96. The fourth-order valence-electron chi connectivity index (χ4n) is 3.65. The molecule has 8 nitrogen and oxygen atoms in total. The largest absolute Gasteiger partial charge is 0.369 e. The molecular formula is C22H34IN7OS. The molecule has 3 rings (SSSR count). The summed E-state index contributed by atoms with van der Waals surface area (Å²) >= 11 is 1.76. The summed E-state index contributed by atoms with van der Waals surface area (Å²) < 4.78 is 0. The molecule has 1 amide bonds. The van der Waals surface area contributed by atoms with Crippen LogP contribution < -0.4 is 21.3 Å². The van der Waals surface area contributed by atoms with Gasteiger partial charge in [-0.3, -0.25) is 4.79 Å². The number of nitrogens with zero attached hydrogens (tertiary/aromatic N) is 4. The van der Waals surface area contributed by atoms with Crippen LogP contribution in [-0.4, -0.2) is 48.0 Å². The van der Waals surface area contributed by atoms with Gasteiger partial charge in [0.05, 0.1) is 17.2 Å². The normalized spacial score (nSPS) is 14.7. The summed E-state index contributed by atoms with van der Waals surface area (Å²) in [7, 11) is 0. The molecule has 0 spiro atoms. The molecule has 1 saturated heterocycles. The molecule has 4 N–H and O–H groups in total. The maximum Gasteiger partial charge on any atom is 0.220 e. The molecule has 176 valence electrons. The molecule has 0 aromatic carbocycles. The van der Waals surface area contributed by atoms with E-state index in [0.717, 1.165) is 73.5 Å². The molecule has 0 bridgehead atoms. The monoisotopic (exact) mass is 571 g/mol. The zero-order valence-electron chi connectivity index (χ0n) is 19.1. The SMILES string of the molecule is CCNC(=NCc1cccnc1N1CCC(C(N)=O)CC1)NCCc1nc(C)c(C)s1.I. The van der Waals surface area contributed by atoms with E-state index in [0.29, 0.717) is 6.54 Å². The predicted octanol–water partition coefficient (Wildman–Crippen LogP) is 2.77. The second kappa shape index (κ2) is 12.9. The summed E-state index contributed by atoms with van der Waals surface area (Å²) in [6.45, 7) is 9.89. The lowest BCUT2D eigenvalue weighted by molar-refractivity contribution is -0.122. The van der Waals surface area contributed by atoms with Crippen molar-refractivity contribution in [2.75, 3.05) is 31.1 Å². The Morgan fingerprint density at radius 2 is 2.06 bits per heavy atom. The Labute approximate surface area is 211 Å². The van der Waals surface area contributed by atoms with E-state index in [1.807, 2.05) is 12.3 Å². The lowest BCUT2D eigenvalue weighted by Crippen LogP contribution is -2.39. The van der Waals surface area contributed by atoms with Gasteiger partial charge in [-0.25, -0.2) is 15.0 Å². The van der Waals surface area contributed by atoms with Crippen molar-refractivity contribution < 1.29 is 4.79 Å². The van der Waals surface area contributed by atoms with Crippen molar-refractivity contribution in [2.24, 2.45) is 16.6 Å². The molecule has 2 aromatic heterocycles. The molecule has 0 unspecified atom stereocenters. The summed E-state index contributed by atoms with van der Waals surface area (Å²) in [4.78, 5) is 28.9. The Balaban J connectivity index is 0.00000363. The van der Waals surface area contributed by atoms with E-state index in [1.54, 1.807) is 11.3 Å². The fourth-order valence-corrected chi connectivity index (χ4v) is 4.59. The maximum atomic E-state index is 11.5. The van der Waals surface area contributed by atoms with Crippen LogP contribution in [0.15, 0.2) is 23.3 Å². The zero-order chi connectivity index (χ0) is 22.2. The van der Waals surface area contributed by atoms with Crippen LogP contribution in [0.2, 0.25) is 0 Å². The van der Waals surface area contributed by atoms with Gasteiger partial charge >= 0.3 is 0 Å². The molecule has 0 aliphatic carbocycles. The van der Waals surface area contributed by atoms with Gasteiger partial charge in [-0.1, -0.05) is 6.07 Å². The van der Waals surface area contributed by atoms with Gasteiger partial charge in [0.2, 0.25) is 5.91 Å². The Hall–Kier alpha value is -1.95. The number of rotatable bonds is 8. The fraction of sp³-hybridized carbons (Fsp3) is 0.545. The Bertz CT molecular complexity index is 890. The van der Waals surface area contributed by atoms with Crippen LogP contribution in [0.25, 0.3) is 0 Å². The first-order chi connectivity index (χ1) is 15.0. The topological polar surface area (TPSA) is 109 Å². The maximum absolute atomic E-state index is 11.5. The molecule has 3 heterocycles. The lowest BCUT2D eigenvalue weighted by Gasteiger charge is -2.32. The number of aromatic nitrogens is 2. The molecular weight excluding hydrogens is 537 g/mol. The van der Waals surface area contributed by atoms with Crippen LogP contribution in [0, 0.1) is 19.8 Å². The summed E-state index contributed by atoms with van der Waals surface area (Å²) in [5.74, 6) is 1.50. The first-order valence-electron chi connectivity index (χ1n) is 10.9. The van der Waals surface area contributed by atoms with Crippen LogP contribution in [0.1, 0.15) is 40.9 Å². The average molecular weight is 572 g/mol. The number of halogens is 1. The number of amides is 1. The van der Waals surface area contributed by atoms with Crippen LogP contribution in [0.4, 0.5) is 5.82 Å². The van der Waals surface area contributed by atoms with Crippen molar-refractivity contribution in [1.29, 1.82) is 0 Å². The first kappa shape index (κ1) is 26.3. The number of anilines is 1. The molecule has 2 aromatic rings. The van der Waals surface area contributed by atoms with Gasteiger partial charge in [-0.15, -0.1) is 35.3 Å². The third kappa shape index (κ3) is 7.29. The molecule has 0 saturated carbocycles. The van der Waals surface area contributed by atoms with Crippen LogP contribution in [-0.2, 0) is 17.8 Å². The molecule has 1 aliphatic rings. The second-order valence-corrected chi connectivity index (χ2v) is 9.06. The molecule has 0 radical (unpaired) electrons. The van der Waals surface area contributed by atoms with Gasteiger partial charge in [0.15, 0.2) is 5.96 Å². The minimum atomic E-state index is -0.199. The van der Waals surface area contributed by atoms with Gasteiger partial charge in [0.1, 0.15) is 5.82 Å². The third-order valence-electron chi connectivity index (χ3n) is 5.52. The molecule has 1 aliphatic heterocycles. The van der Waals surface area contributed by atoms with Crippen LogP contribution >= 0.6 is 35.3 Å². The number of nitrogens with one attached hydrogen (secondary N) is 2. The highest BCUT2D eigenvalue weighted by atomic mass is 127. The third-order valence-corrected chi connectivity index (χ3v) is 6.65. The highest BCUT2D eigenvalue weighted by Gasteiger charge is 2.24. The average Bonchev–Trinajstić information content (AvgIpc) is 3.09. The van der Waals surface area contributed by atoms with Crippen LogP contribution in [0.3, 0.4) is 0 Å². The summed E-state index contributed by atoms with van der Waals surface area (Å²) in [5.41, 5.74) is 7.66. The van der Waals surface area contributed by atoms with Gasteiger partial charge in [0, 0.05) is 55.2 Å². The second-order valence-electron chi connectivity index (χ2n) is 7.77. The minimum Gasteiger partial charge on any atom is -0.369 e. The van der Waals surface area contributed by atoms with Gasteiger partial charge in [0.25, 0.3) is 0 Å². The number of aliphatic imine (C=N–C) groups is 1. The Morgan fingerprint density at radius 3 is 2.69 bits per heavy atom. The molecule has 32 heavy (non-hydrogen) atoms. The number of piperidine rings is 1. The minimum absolute atomic E-state index is 0. The molecule has 0 atom stereocenters. The van der Waals surface area contributed by atoms with Crippen molar-refractivity contribution in [3.63, 3.8) is 0 Å². The first-order valence-corrected chi connectivity index (χ1v) is 11.7. The van der Waals surface area contributed by atoms with Gasteiger partial charge in [-0.2, -0.15) is 0 Å².